The third-order valence-electron chi connectivity index (χ3n) is 3.41. The van der Waals surface area contributed by atoms with E-state index in [1.807, 2.05) is 14.1 Å². The maximum Gasteiger partial charge on any atom is 0.275 e. The van der Waals surface area contributed by atoms with Crippen LogP contribution in [-0.2, 0) is 4.79 Å². The molecule has 0 saturated carbocycles. The molecular weight excluding hydrogens is 332 g/mol. The van der Waals surface area contributed by atoms with Gasteiger partial charge < -0.3 is 20.9 Å². The lowest BCUT2D eigenvalue weighted by atomic mass is 10.2. The molecule has 0 bridgehead atoms. The molecule has 0 aliphatic heterocycles. The standard InChI is InChI=1S/C18H24N6O2/c1-13(25)22-14-6-4-7-15(10-14)23-18(26)16-11-21-17(12-20-16)19-8-5-9-24(2)3/h4,6-7,10-12H,5,8-9H2,1-3H3,(H,19,21)(H,22,25)(H,23,26). The number of amides is 2. The average molecular weight is 356 g/mol. The smallest absolute Gasteiger partial charge is 0.275 e. The molecule has 2 amide bonds. The zero-order valence-electron chi connectivity index (χ0n) is 15.2. The van der Waals surface area contributed by atoms with Crippen LogP contribution in [0.3, 0.4) is 0 Å². The summed E-state index contributed by atoms with van der Waals surface area (Å²) in [5.74, 6) is 0.0950. The van der Waals surface area contributed by atoms with E-state index in [0.717, 1.165) is 19.5 Å². The van der Waals surface area contributed by atoms with Crippen molar-refractivity contribution < 1.29 is 9.59 Å². The second-order valence-electron chi connectivity index (χ2n) is 6.09. The van der Waals surface area contributed by atoms with Crippen molar-refractivity contribution in [1.82, 2.24) is 14.9 Å². The van der Waals surface area contributed by atoms with E-state index in [-0.39, 0.29) is 17.5 Å². The molecular formula is C18H24N6O2. The van der Waals surface area contributed by atoms with E-state index in [4.69, 9.17) is 0 Å². The predicted octanol–water partition coefficient (Wildman–Crippen LogP) is 2.05. The van der Waals surface area contributed by atoms with E-state index in [2.05, 4.69) is 30.8 Å². The molecule has 0 saturated heterocycles. The predicted molar refractivity (Wildman–Crippen MR) is 102 cm³/mol. The molecule has 2 rings (SSSR count). The maximum absolute atomic E-state index is 12.3. The normalized spacial score (nSPS) is 10.5. The molecule has 0 aliphatic rings. The van der Waals surface area contributed by atoms with Gasteiger partial charge in [-0.2, -0.15) is 0 Å². The van der Waals surface area contributed by atoms with E-state index >= 15 is 0 Å². The fraction of sp³-hybridized carbons (Fsp3) is 0.333. The molecule has 0 spiro atoms. The Hall–Kier alpha value is -3.00. The third-order valence-corrected chi connectivity index (χ3v) is 3.41. The van der Waals surface area contributed by atoms with Crippen molar-refractivity contribution in [3.05, 3.63) is 42.4 Å². The minimum atomic E-state index is -0.364. The number of carbonyl (C=O) groups excluding carboxylic acids is 2. The molecule has 0 fully saturated rings. The van der Waals surface area contributed by atoms with Gasteiger partial charge in [0.25, 0.3) is 5.91 Å². The number of hydrogen-bond acceptors (Lipinski definition) is 6. The monoisotopic (exact) mass is 356 g/mol. The summed E-state index contributed by atoms with van der Waals surface area (Å²) in [5.41, 5.74) is 1.39. The quantitative estimate of drug-likeness (QED) is 0.626. The summed E-state index contributed by atoms with van der Waals surface area (Å²) in [5, 5.41) is 8.57. The Balaban J connectivity index is 1.90. The first-order valence-corrected chi connectivity index (χ1v) is 8.33. The van der Waals surface area contributed by atoms with E-state index in [9.17, 15) is 9.59 Å². The number of nitrogens with one attached hydrogen (secondary N) is 3. The Morgan fingerprint density at radius 2 is 1.81 bits per heavy atom. The minimum Gasteiger partial charge on any atom is -0.369 e. The van der Waals surface area contributed by atoms with E-state index in [0.29, 0.717) is 17.2 Å². The van der Waals surface area contributed by atoms with Gasteiger partial charge in [0, 0.05) is 24.8 Å². The van der Waals surface area contributed by atoms with Crippen molar-refractivity contribution in [1.29, 1.82) is 0 Å². The van der Waals surface area contributed by atoms with E-state index in [1.54, 1.807) is 24.3 Å². The van der Waals surface area contributed by atoms with Crippen LogP contribution >= 0.6 is 0 Å². The van der Waals surface area contributed by atoms with Gasteiger partial charge in [-0.05, 0) is 45.3 Å². The second-order valence-corrected chi connectivity index (χ2v) is 6.09. The highest BCUT2D eigenvalue weighted by molar-refractivity contribution is 6.03. The SMILES string of the molecule is CC(=O)Nc1cccc(NC(=O)c2cnc(NCCCN(C)C)cn2)c1. The first-order chi connectivity index (χ1) is 12.4. The molecule has 1 heterocycles. The summed E-state index contributed by atoms with van der Waals surface area (Å²) in [4.78, 5) is 33.8. The van der Waals surface area contributed by atoms with Crippen LogP contribution in [0.1, 0.15) is 23.8 Å². The van der Waals surface area contributed by atoms with Gasteiger partial charge in [-0.3, -0.25) is 9.59 Å². The number of hydrogen-bond donors (Lipinski definition) is 3. The molecule has 0 radical (unpaired) electrons. The van der Waals surface area contributed by atoms with Crippen molar-refractivity contribution in [2.45, 2.75) is 13.3 Å². The van der Waals surface area contributed by atoms with E-state index < -0.39 is 0 Å². The number of aromatic nitrogens is 2. The Morgan fingerprint density at radius 3 is 2.42 bits per heavy atom. The van der Waals surface area contributed by atoms with Crippen molar-refractivity contribution in [2.24, 2.45) is 0 Å². The second kappa shape index (κ2) is 9.47. The van der Waals surface area contributed by atoms with Crippen molar-refractivity contribution in [3.63, 3.8) is 0 Å². The highest BCUT2D eigenvalue weighted by Gasteiger charge is 2.09. The number of nitrogens with zero attached hydrogens (tertiary/aromatic N) is 3. The van der Waals surface area contributed by atoms with Crippen LogP contribution in [-0.4, -0.2) is 53.9 Å². The van der Waals surface area contributed by atoms with Gasteiger partial charge in [0.15, 0.2) is 0 Å². The minimum absolute atomic E-state index is 0.173. The fourth-order valence-corrected chi connectivity index (χ4v) is 2.22. The van der Waals surface area contributed by atoms with Crippen molar-refractivity contribution in [2.75, 3.05) is 43.1 Å². The Morgan fingerprint density at radius 1 is 1.08 bits per heavy atom. The molecule has 26 heavy (non-hydrogen) atoms. The number of rotatable bonds is 8. The van der Waals surface area contributed by atoms with Crippen LogP contribution in [0.25, 0.3) is 0 Å². The van der Waals surface area contributed by atoms with Crippen LogP contribution in [0, 0.1) is 0 Å². The number of carbonyl (C=O) groups is 2. The largest absolute Gasteiger partial charge is 0.369 e. The van der Waals surface area contributed by atoms with Gasteiger partial charge in [-0.15, -0.1) is 0 Å². The molecule has 1 aromatic heterocycles. The Labute approximate surface area is 153 Å². The van der Waals surface area contributed by atoms with Gasteiger partial charge in [0.1, 0.15) is 11.5 Å². The Bertz CT molecular complexity index is 746. The summed E-state index contributed by atoms with van der Waals surface area (Å²) in [6.45, 7) is 3.20. The molecule has 138 valence electrons. The van der Waals surface area contributed by atoms with Crippen LogP contribution < -0.4 is 16.0 Å². The van der Waals surface area contributed by atoms with Crippen LogP contribution in [0.4, 0.5) is 17.2 Å². The van der Waals surface area contributed by atoms with Gasteiger partial charge in [-0.25, -0.2) is 9.97 Å². The van der Waals surface area contributed by atoms with Gasteiger partial charge >= 0.3 is 0 Å². The summed E-state index contributed by atoms with van der Waals surface area (Å²) in [6, 6.07) is 6.89. The summed E-state index contributed by atoms with van der Waals surface area (Å²) in [7, 11) is 4.05. The average Bonchev–Trinajstić information content (AvgIpc) is 2.59. The molecule has 1 aromatic carbocycles. The zero-order valence-corrected chi connectivity index (χ0v) is 15.2. The topological polar surface area (TPSA) is 99.2 Å². The number of anilines is 3. The molecule has 8 heteroatoms. The Kier molecular flexibility index (Phi) is 7.04. The lowest BCUT2D eigenvalue weighted by molar-refractivity contribution is -0.114. The molecule has 8 nitrogen and oxygen atoms in total. The first-order valence-electron chi connectivity index (χ1n) is 8.33. The highest BCUT2D eigenvalue weighted by atomic mass is 16.2. The molecule has 2 aromatic rings. The summed E-state index contributed by atoms with van der Waals surface area (Å²) in [6.07, 6.45) is 3.96. The molecule has 0 atom stereocenters. The fourth-order valence-electron chi connectivity index (χ4n) is 2.22. The van der Waals surface area contributed by atoms with Crippen LogP contribution in [0.2, 0.25) is 0 Å². The molecule has 0 unspecified atom stereocenters. The zero-order chi connectivity index (χ0) is 18.9. The lowest BCUT2D eigenvalue weighted by Crippen LogP contribution is -2.17. The van der Waals surface area contributed by atoms with Gasteiger partial charge in [-0.1, -0.05) is 6.07 Å². The lowest BCUT2D eigenvalue weighted by Gasteiger charge is -2.10. The van der Waals surface area contributed by atoms with E-state index in [1.165, 1.54) is 19.3 Å². The van der Waals surface area contributed by atoms with Crippen LogP contribution in [0.5, 0.6) is 0 Å². The van der Waals surface area contributed by atoms with Crippen molar-refractivity contribution >= 4 is 29.0 Å². The molecule has 0 aliphatic carbocycles. The van der Waals surface area contributed by atoms with Gasteiger partial charge in [0.05, 0.1) is 12.4 Å². The third kappa shape index (κ3) is 6.48. The summed E-state index contributed by atoms with van der Waals surface area (Å²) < 4.78 is 0. The maximum atomic E-state index is 12.3. The van der Waals surface area contributed by atoms with Gasteiger partial charge in [0.2, 0.25) is 5.91 Å². The first kappa shape index (κ1) is 19.3. The van der Waals surface area contributed by atoms with Crippen molar-refractivity contribution in [3.8, 4) is 0 Å². The van der Waals surface area contributed by atoms with Crippen LogP contribution in [0.15, 0.2) is 36.7 Å². The highest BCUT2D eigenvalue weighted by Crippen LogP contribution is 2.15. The summed E-state index contributed by atoms with van der Waals surface area (Å²) >= 11 is 0. The molecule has 3 N–H and O–H groups in total. The number of benzene rings is 1.